The van der Waals surface area contributed by atoms with Gasteiger partial charge in [-0.05, 0) is 64.5 Å². The second-order valence-corrected chi connectivity index (χ2v) is 12.0. The van der Waals surface area contributed by atoms with Gasteiger partial charge < -0.3 is 13.9 Å². The van der Waals surface area contributed by atoms with Crippen molar-refractivity contribution >= 4 is 8.32 Å². The number of hydrogen-bond acceptors (Lipinski definition) is 3. The molecule has 0 aromatic carbocycles. The van der Waals surface area contributed by atoms with Crippen molar-refractivity contribution in [2.24, 2.45) is 0 Å². The predicted octanol–water partition coefficient (Wildman–Crippen LogP) is 6.29. The van der Waals surface area contributed by atoms with Crippen LogP contribution in [-0.4, -0.2) is 34.4 Å². The summed E-state index contributed by atoms with van der Waals surface area (Å²) in [6.45, 7) is 3.47. The summed E-state index contributed by atoms with van der Waals surface area (Å²) in [6, 6.07) is 0. The zero-order chi connectivity index (χ0) is 26.1. The van der Waals surface area contributed by atoms with Gasteiger partial charge in [0.1, 0.15) is 0 Å². The van der Waals surface area contributed by atoms with Crippen LogP contribution < -0.4 is 0 Å². The minimum Gasteiger partial charge on any atom is -0.418 e. The lowest BCUT2D eigenvalue weighted by molar-refractivity contribution is -0.162. The van der Waals surface area contributed by atoms with Crippen LogP contribution in [0.2, 0.25) is 19.6 Å². The molecule has 1 atom stereocenters. The van der Waals surface area contributed by atoms with Crippen LogP contribution in [0.1, 0.15) is 94.3 Å². The summed E-state index contributed by atoms with van der Waals surface area (Å²) in [5.41, 5.74) is 0. The number of hydrogen-bond donors (Lipinski definition) is 0. The van der Waals surface area contributed by atoms with Crippen LogP contribution in [0, 0.1) is 11.8 Å². The lowest BCUT2D eigenvalue weighted by Gasteiger charge is -2.22. The summed E-state index contributed by atoms with van der Waals surface area (Å²) in [4.78, 5) is 0. The molecule has 3 nitrogen and oxygen atoms in total. The summed E-state index contributed by atoms with van der Waals surface area (Å²) in [7, 11) is -2.56. The molecule has 0 radical (unpaired) electrons. The Hall–Kier alpha value is -0.343. The highest BCUT2D eigenvalue weighted by molar-refractivity contribution is 6.69. The molecule has 0 amide bonds. The van der Waals surface area contributed by atoms with Crippen LogP contribution in [0.4, 0.5) is 0 Å². The average molecular weight is 391 g/mol. The molecule has 1 unspecified atom stereocenters. The van der Waals surface area contributed by atoms with Crippen molar-refractivity contribution in [3.8, 4) is 11.8 Å². The normalized spacial score (nSPS) is 24.5. The molecule has 1 rings (SSSR count). The van der Waals surface area contributed by atoms with Gasteiger partial charge in [-0.15, -0.1) is 11.8 Å². The maximum atomic E-state index is 8.08. The fourth-order valence-corrected chi connectivity index (χ4v) is 2.81. The topological polar surface area (TPSA) is 27.7 Å². The maximum Gasteiger partial charge on any atom is 0.183 e. The van der Waals surface area contributed by atoms with E-state index in [2.05, 4.69) is 11.8 Å². The van der Waals surface area contributed by atoms with E-state index in [1.807, 2.05) is 0 Å². The lowest BCUT2D eigenvalue weighted by atomic mass is 10.1. The Morgan fingerprint density at radius 1 is 1.00 bits per heavy atom. The van der Waals surface area contributed by atoms with Gasteiger partial charge in [-0.1, -0.05) is 25.7 Å². The lowest BCUT2D eigenvalue weighted by Crippen LogP contribution is -2.25. The van der Waals surface area contributed by atoms with Crippen molar-refractivity contribution in [2.45, 2.75) is 109 Å². The van der Waals surface area contributed by atoms with Crippen molar-refractivity contribution < 1.29 is 24.9 Å². The van der Waals surface area contributed by atoms with E-state index in [9.17, 15) is 0 Å². The Kier molecular flexibility index (Phi) is 8.31. The van der Waals surface area contributed by atoms with Crippen molar-refractivity contribution in [3.05, 3.63) is 0 Å². The zero-order valence-corrected chi connectivity index (χ0v) is 17.8. The first kappa shape index (κ1) is 13.8. The molecule has 0 spiro atoms. The van der Waals surface area contributed by atoms with Gasteiger partial charge in [-0.2, -0.15) is 0 Å². The quantitative estimate of drug-likeness (QED) is 0.198. The molecule has 1 aliphatic heterocycles. The number of unbranched alkanes of at least 4 members (excludes halogenated alkanes) is 6. The Bertz CT molecular complexity index is 665. The summed E-state index contributed by atoms with van der Waals surface area (Å²) >= 11 is 0. The van der Waals surface area contributed by atoms with Gasteiger partial charge in [0.25, 0.3) is 0 Å². The third-order valence-electron chi connectivity index (χ3n) is 3.82. The van der Waals surface area contributed by atoms with Crippen molar-refractivity contribution in [1.82, 2.24) is 0 Å². The van der Waals surface area contributed by atoms with Gasteiger partial charge in [-0.3, -0.25) is 0 Å². The second kappa shape index (κ2) is 15.7. The monoisotopic (exact) mass is 390 g/mol. The third kappa shape index (κ3) is 15.9. The molecule has 0 aromatic rings. The van der Waals surface area contributed by atoms with E-state index in [4.69, 9.17) is 24.9 Å². The molecule has 0 aromatic heterocycles. The minimum atomic E-state index is -3.24. The SMILES string of the molecule is [2H]C([2H])(C#CCCCCCCCCOC1CCCCO1)C([2H])([2H])C([2H])([2H])C([2H])([2H])O[Si](C)(C)C. The average Bonchev–Trinajstić information content (AvgIpc) is 2.70. The summed E-state index contributed by atoms with van der Waals surface area (Å²) in [6.07, 6.45) is 0.0475. The Labute approximate surface area is 174 Å². The van der Waals surface area contributed by atoms with Gasteiger partial charge in [0, 0.05) is 40.8 Å². The Balaban J connectivity index is 2.38. The fraction of sp³-hybridized carbons (Fsp3) is 0.909. The third-order valence-corrected chi connectivity index (χ3v) is 4.54. The molecular formula is C22H42O3Si. The fourth-order valence-electron chi connectivity index (χ4n) is 2.45. The smallest absolute Gasteiger partial charge is 0.183 e. The van der Waals surface area contributed by atoms with E-state index in [1.165, 1.54) is 0 Å². The van der Waals surface area contributed by atoms with E-state index in [0.717, 1.165) is 64.4 Å². The first-order valence-corrected chi connectivity index (χ1v) is 13.4. The van der Waals surface area contributed by atoms with Crippen LogP contribution >= 0.6 is 0 Å². The highest BCUT2D eigenvalue weighted by Crippen LogP contribution is 2.14. The van der Waals surface area contributed by atoms with Crippen molar-refractivity contribution in [3.63, 3.8) is 0 Å². The summed E-state index contributed by atoms with van der Waals surface area (Å²) in [5.74, 6) is 4.85. The van der Waals surface area contributed by atoms with Crippen LogP contribution in [0.3, 0.4) is 0 Å². The molecule has 26 heavy (non-hydrogen) atoms. The highest BCUT2D eigenvalue weighted by Gasteiger charge is 2.13. The van der Waals surface area contributed by atoms with E-state index in [-0.39, 0.29) is 6.29 Å². The molecule has 0 N–H and O–H groups in total. The Morgan fingerprint density at radius 3 is 2.50 bits per heavy atom. The second-order valence-electron chi connectivity index (χ2n) is 7.53. The van der Waals surface area contributed by atoms with Gasteiger partial charge in [0.05, 0.1) is 2.74 Å². The molecule has 1 fully saturated rings. The summed E-state index contributed by atoms with van der Waals surface area (Å²) in [5, 5.41) is 0. The van der Waals surface area contributed by atoms with Crippen LogP contribution in [-0.2, 0) is 13.9 Å². The van der Waals surface area contributed by atoms with Crippen molar-refractivity contribution in [1.29, 1.82) is 0 Å². The highest BCUT2D eigenvalue weighted by atomic mass is 28.4. The van der Waals surface area contributed by atoms with E-state index >= 15 is 0 Å². The standard InChI is InChI=1S/C22H42O3Si/c1-26(2,3)25-21-16-13-11-9-7-5-4-6-8-10-12-15-19-23-22-18-14-17-20-24-22/h22H,4-6,8,10-21H2,1-3H3/i11D2,13D2,16D2,21D2. The van der Waals surface area contributed by atoms with Gasteiger partial charge in [0.15, 0.2) is 14.6 Å². The number of ether oxygens (including phenoxy) is 2. The molecule has 0 saturated carbocycles. The molecule has 0 aliphatic carbocycles. The molecule has 1 saturated heterocycles. The van der Waals surface area contributed by atoms with E-state index < -0.39 is 34.0 Å². The van der Waals surface area contributed by atoms with Crippen LogP contribution in [0.25, 0.3) is 0 Å². The largest absolute Gasteiger partial charge is 0.418 e. The van der Waals surface area contributed by atoms with Crippen molar-refractivity contribution in [2.75, 3.05) is 19.8 Å². The summed E-state index contributed by atoms with van der Waals surface area (Å²) < 4.78 is 80.7. The predicted molar refractivity (Wildman–Crippen MR) is 113 cm³/mol. The van der Waals surface area contributed by atoms with Gasteiger partial charge in [0.2, 0.25) is 0 Å². The molecule has 1 aliphatic rings. The molecule has 1 heterocycles. The molecule has 0 bridgehead atoms. The van der Waals surface area contributed by atoms with Gasteiger partial charge in [-0.25, -0.2) is 0 Å². The molecule has 152 valence electrons. The minimum absolute atomic E-state index is 0.0403. The van der Waals surface area contributed by atoms with Crippen LogP contribution in [0.15, 0.2) is 0 Å². The van der Waals surface area contributed by atoms with Crippen LogP contribution in [0.5, 0.6) is 0 Å². The van der Waals surface area contributed by atoms with E-state index in [0.29, 0.717) is 13.0 Å². The Morgan fingerprint density at radius 2 is 1.77 bits per heavy atom. The van der Waals surface area contributed by atoms with Gasteiger partial charge >= 0.3 is 0 Å². The first-order valence-electron chi connectivity index (χ1n) is 14.0. The molecular weight excluding hydrogens is 340 g/mol. The molecule has 4 heteroatoms. The zero-order valence-electron chi connectivity index (χ0n) is 24.8. The maximum absolute atomic E-state index is 8.08. The van der Waals surface area contributed by atoms with E-state index in [1.54, 1.807) is 19.6 Å². The first-order chi connectivity index (χ1) is 15.5. The number of rotatable bonds is 14.